The normalized spacial score (nSPS) is 23.3. The van der Waals surface area contributed by atoms with Crippen LogP contribution in [0.5, 0.6) is 0 Å². The average Bonchev–Trinajstić information content (AvgIpc) is 3.75. The molecule has 0 N–H and O–H groups in total. The highest BCUT2D eigenvalue weighted by molar-refractivity contribution is 6.21. The third-order valence-electron chi connectivity index (χ3n) is 14.7. The van der Waals surface area contributed by atoms with Gasteiger partial charge in [-0.1, -0.05) is 133 Å². The standard InChI is InChI=1S/C54H40O/c1-3-13-45-43(11-1)52(35-19-17-34(18-20-35)36-22-24-51-47(30-36)42-10-6-8-16-50(42)55-51)44-12-2-4-14-46(44)53(45)37-21-23-41-40-9-5-7-15-48(40)54(49(41)31-37)38-26-32-25-33(28-38)29-39(54)27-32/h1-24,30-33,38-39H,25-29H2. The third-order valence-corrected chi connectivity index (χ3v) is 14.7. The van der Waals surface area contributed by atoms with Gasteiger partial charge in [0.05, 0.1) is 0 Å². The van der Waals surface area contributed by atoms with Crippen LogP contribution in [0, 0.1) is 23.7 Å². The van der Waals surface area contributed by atoms with Gasteiger partial charge in [0.25, 0.3) is 0 Å². The first-order valence-electron chi connectivity index (χ1n) is 20.4. The maximum absolute atomic E-state index is 6.13. The van der Waals surface area contributed by atoms with Crippen LogP contribution < -0.4 is 0 Å². The van der Waals surface area contributed by atoms with Crippen LogP contribution in [0.1, 0.15) is 43.2 Å². The number of para-hydroxylation sites is 1. The van der Waals surface area contributed by atoms with E-state index in [1.54, 1.807) is 11.1 Å². The second-order valence-electron chi connectivity index (χ2n) is 17.2. The zero-order chi connectivity index (χ0) is 35.8. The second-order valence-corrected chi connectivity index (χ2v) is 17.2. The van der Waals surface area contributed by atoms with E-state index < -0.39 is 0 Å². The molecule has 0 amide bonds. The minimum absolute atomic E-state index is 0.151. The molecular weight excluding hydrogens is 665 g/mol. The van der Waals surface area contributed by atoms with Gasteiger partial charge in [0.15, 0.2) is 0 Å². The van der Waals surface area contributed by atoms with E-state index in [-0.39, 0.29) is 5.41 Å². The van der Waals surface area contributed by atoms with Crippen LogP contribution in [-0.2, 0) is 5.41 Å². The first kappa shape index (κ1) is 30.4. The summed E-state index contributed by atoms with van der Waals surface area (Å²) >= 11 is 0. The van der Waals surface area contributed by atoms with Crippen molar-refractivity contribution in [1.82, 2.24) is 0 Å². The van der Waals surface area contributed by atoms with E-state index in [9.17, 15) is 0 Å². The van der Waals surface area contributed by atoms with Crippen LogP contribution in [0.15, 0.2) is 162 Å². The molecule has 1 aromatic heterocycles. The van der Waals surface area contributed by atoms with E-state index in [0.29, 0.717) is 0 Å². The number of hydrogen-bond donors (Lipinski definition) is 0. The van der Waals surface area contributed by atoms with Crippen molar-refractivity contribution in [2.75, 3.05) is 0 Å². The molecule has 0 radical (unpaired) electrons. The molecular formula is C54H40O. The molecule has 1 heteroatoms. The van der Waals surface area contributed by atoms with Crippen LogP contribution in [0.25, 0.3) is 88.0 Å². The van der Waals surface area contributed by atoms with Gasteiger partial charge in [-0.2, -0.15) is 0 Å². The molecule has 0 atom stereocenters. The van der Waals surface area contributed by atoms with E-state index in [4.69, 9.17) is 4.42 Å². The van der Waals surface area contributed by atoms with E-state index in [2.05, 4.69) is 146 Å². The minimum Gasteiger partial charge on any atom is -0.456 e. The Hall–Kier alpha value is -5.92. The highest BCUT2D eigenvalue weighted by Crippen LogP contribution is 2.69. The summed E-state index contributed by atoms with van der Waals surface area (Å²) in [6.45, 7) is 0. The average molecular weight is 705 g/mol. The minimum atomic E-state index is 0.151. The summed E-state index contributed by atoms with van der Waals surface area (Å²) in [6.07, 6.45) is 7.08. The molecule has 5 aliphatic carbocycles. The molecule has 4 bridgehead atoms. The van der Waals surface area contributed by atoms with E-state index in [0.717, 1.165) is 45.6 Å². The van der Waals surface area contributed by atoms with Crippen LogP contribution >= 0.6 is 0 Å². The summed E-state index contributed by atoms with van der Waals surface area (Å²) in [5.41, 5.74) is 15.9. The predicted octanol–water partition coefficient (Wildman–Crippen LogP) is 14.6. The van der Waals surface area contributed by atoms with Crippen molar-refractivity contribution < 1.29 is 4.42 Å². The van der Waals surface area contributed by atoms with Crippen LogP contribution in [0.4, 0.5) is 0 Å². The molecule has 55 heavy (non-hydrogen) atoms. The van der Waals surface area contributed by atoms with Crippen LogP contribution in [0.3, 0.4) is 0 Å². The van der Waals surface area contributed by atoms with Crippen molar-refractivity contribution in [3.05, 3.63) is 169 Å². The van der Waals surface area contributed by atoms with Gasteiger partial charge < -0.3 is 4.42 Å². The third kappa shape index (κ3) is 4.09. The van der Waals surface area contributed by atoms with E-state index in [1.165, 1.54) is 98.2 Å². The lowest BCUT2D eigenvalue weighted by molar-refractivity contribution is -0.0399. The van der Waals surface area contributed by atoms with Crippen molar-refractivity contribution in [1.29, 1.82) is 0 Å². The van der Waals surface area contributed by atoms with E-state index >= 15 is 0 Å². The van der Waals surface area contributed by atoms with Gasteiger partial charge in [0, 0.05) is 16.2 Å². The summed E-state index contributed by atoms with van der Waals surface area (Å²) in [6, 6.07) is 59.5. The molecule has 0 saturated heterocycles. The van der Waals surface area contributed by atoms with Gasteiger partial charge in [0.2, 0.25) is 0 Å². The quantitative estimate of drug-likeness (QED) is 0.167. The molecule has 0 unspecified atom stereocenters. The van der Waals surface area contributed by atoms with Gasteiger partial charge in [-0.3, -0.25) is 0 Å². The molecule has 14 rings (SSSR count). The molecule has 4 fully saturated rings. The highest BCUT2D eigenvalue weighted by atomic mass is 16.3. The molecule has 1 spiro atoms. The summed E-state index contributed by atoms with van der Waals surface area (Å²) in [5, 5.41) is 7.59. The summed E-state index contributed by atoms with van der Waals surface area (Å²) in [7, 11) is 0. The van der Waals surface area contributed by atoms with Crippen molar-refractivity contribution in [3.63, 3.8) is 0 Å². The lowest BCUT2D eigenvalue weighted by Crippen LogP contribution is -2.55. The van der Waals surface area contributed by atoms with Crippen molar-refractivity contribution >= 4 is 43.5 Å². The Bertz CT molecular complexity index is 2960. The number of rotatable bonds is 3. The van der Waals surface area contributed by atoms with Gasteiger partial charge in [-0.25, -0.2) is 0 Å². The molecule has 8 aromatic carbocycles. The first-order valence-corrected chi connectivity index (χ1v) is 20.4. The number of furan rings is 1. The summed E-state index contributed by atoms with van der Waals surface area (Å²) in [5.74, 6) is 3.37. The SMILES string of the molecule is c1ccc2c(c1)-c1ccc(-c3c4ccccc4c(-c4ccc(-c5ccc6oc7ccccc7c6c5)cc4)c4ccccc34)cc1C21C2CC3CC(C2)CC1C3. The molecule has 5 aliphatic rings. The van der Waals surface area contributed by atoms with Crippen molar-refractivity contribution in [2.24, 2.45) is 23.7 Å². The lowest BCUT2D eigenvalue weighted by Gasteiger charge is -2.61. The monoisotopic (exact) mass is 704 g/mol. The smallest absolute Gasteiger partial charge is 0.135 e. The zero-order valence-electron chi connectivity index (χ0n) is 30.8. The molecule has 262 valence electrons. The number of hydrogen-bond acceptors (Lipinski definition) is 1. The lowest BCUT2D eigenvalue weighted by atomic mass is 9.43. The Morgan fingerprint density at radius 2 is 0.873 bits per heavy atom. The van der Waals surface area contributed by atoms with Crippen molar-refractivity contribution in [3.8, 4) is 44.5 Å². The molecule has 1 heterocycles. The molecule has 0 aliphatic heterocycles. The van der Waals surface area contributed by atoms with Crippen LogP contribution in [-0.4, -0.2) is 0 Å². The Labute approximate surface area is 321 Å². The maximum Gasteiger partial charge on any atom is 0.135 e. The molecule has 1 nitrogen and oxygen atoms in total. The van der Waals surface area contributed by atoms with Crippen LogP contribution in [0.2, 0.25) is 0 Å². The Balaban J connectivity index is 0.980. The fraction of sp³-hybridized carbons (Fsp3) is 0.185. The van der Waals surface area contributed by atoms with Gasteiger partial charge in [0.1, 0.15) is 11.2 Å². The predicted molar refractivity (Wildman–Crippen MR) is 228 cm³/mol. The Morgan fingerprint density at radius 3 is 1.56 bits per heavy atom. The topological polar surface area (TPSA) is 13.1 Å². The summed E-state index contributed by atoms with van der Waals surface area (Å²) in [4.78, 5) is 0. The largest absolute Gasteiger partial charge is 0.456 e. The second kappa shape index (κ2) is 11.1. The number of benzene rings is 8. The Kier molecular flexibility index (Phi) is 6.13. The highest BCUT2D eigenvalue weighted by Gasteiger charge is 2.61. The summed E-state index contributed by atoms with van der Waals surface area (Å²) < 4.78 is 6.13. The maximum atomic E-state index is 6.13. The van der Waals surface area contributed by atoms with Gasteiger partial charge >= 0.3 is 0 Å². The van der Waals surface area contributed by atoms with Crippen molar-refractivity contribution in [2.45, 2.75) is 37.5 Å². The van der Waals surface area contributed by atoms with E-state index in [1.807, 2.05) is 12.1 Å². The molecule has 4 saturated carbocycles. The van der Waals surface area contributed by atoms with Gasteiger partial charge in [-0.05, 0) is 157 Å². The molecule has 9 aromatic rings. The fourth-order valence-electron chi connectivity index (χ4n) is 12.8. The zero-order valence-corrected chi connectivity index (χ0v) is 30.8. The first-order chi connectivity index (χ1) is 27.2. The Morgan fingerprint density at radius 1 is 0.364 bits per heavy atom. The number of fused-ring (bicyclic) bond motifs is 8. The van der Waals surface area contributed by atoms with Gasteiger partial charge in [-0.15, -0.1) is 0 Å². The fourth-order valence-corrected chi connectivity index (χ4v) is 12.8.